The van der Waals surface area contributed by atoms with Gasteiger partial charge in [-0.1, -0.05) is 36.4 Å². The average molecular weight is 380 g/mol. The standard InChI is InChI=1S/C21H20N2O3S/c24-27(25,23-11-13-26-14-12-23)21-9-7-20(8-10-21)22-16-17-5-6-18-3-1-2-4-19(18)15-17/h1-10,15-16H,11-14H2. The highest BCUT2D eigenvalue weighted by Gasteiger charge is 2.25. The molecule has 3 aromatic carbocycles. The zero-order valence-electron chi connectivity index (χ0n) is 14.8. The van der Waals surface area contributed by atoms with Gasteiger partial charge in [0.1, 0.15) is 0 Å². The first-order chi connectivity index (χ1) is 13.1. The van der Waals surface area contributed by atoms with Gasteiger partial charge in [-0.25, -0.2) is 8.42 Å². The topological polar surface area (TPSA) is 59.0 Å². The van der Waals surface area contributed by atoms with Crippen molar-refractivity contribution in [2.75, 3.05) is 26.3 Å². The molecule has 1 aliphatic heterocycles. The van der Waals surface area contributed by atoms with E-state index in [0.717, 1.165) is 10.9 Å². The van der Waals surface area contributed by atoms with Crippen LogP contribution in [0.15, 0.2) is 76.6 Å². The summed E-state index contributed by atoms with van der Waals surface area (Å²) in [6.45, 7) is 1.66. The van der Waals surface area contributed by atoms with E-state index in [4.69, 9.17) is 4.74 Å². The number of rotatable bonds is 4. The van der Waals surface area contributed by atoms with Crippen LogP contribution in [0.3, 0.4) is 0 Å². The molecule has 27 heavy (non-hydrogen) atoms. The zero-order valence-corrected chi connectivity index (χ0v) is 15.6. The van der Waals surface area contributed by atoms with Gasteiger partial charge in [0.05, 0.1) is 23.8 Å². The molecule has 1 heterocycles. The van der Waals surface area contributed by atoms with Crippen molar-refractivity contribution in [3.63, 3.8) is 0 Å². The molecule has 0 aliphatic carbocycles. The van der Waals surface area contributed by atoms with Gasteiger partial charge in [0.2, 0.25) is 10.0 Å². The van der Waals surface area contributed by atoms with Gasteiger partial charge >= 0.3 is 0 Å². The average Bonchev–Trinajstić information content (AvgIpc) is 2.73. The van der Waals surface area contributed by atoms with Crippen molar-refractivity contribution in [1.82, 2.24) is 4.31 Å². The molecule has 0 unspecified atom stereocenters. The van der Waals surface area contributed by atoms with E-state index in [0.29, 0.717) is 32.0 Å². The van der Waals surface area contributed by atoms with Crippen molar-refractivity contribution < 1.29 is 13.2 Å². The lowest BCUT2D eigenvalue weighted by molar-refractivity contribution is 0.0730. The Hall–Kier alpha value is -2.54. The smallest absolute Gasteiger partial charge is 0.243 e. The normalized spacial score (nSPS) is 16.1. The number of sulfonamides is 1. The third-order valence-corrected chi connectivity index (χ3v) is 6.49. The molecular formula is C21H20N2O3S. The molecule has 0 aromatic heterocycles. The Morgan fingerprint density at radius 3 is 2.33 bits per heavy atom. The summed E-state index contributed by atoms with van der Waals surface area (Å²) in [5.41, 5.74) is 1.71. The maximum Gasteiger partial charge on any atom is 0.243 e. The third-order valence-electron chi connectivity index (χ3n) is 4.58. The molecule has 0 amide bonds. The predicted molar refractivity (Wildman–Crippen MR) is 107 cm³/mol. The summed E-state index contributed by atoms with van der Waals surface area (Å²) in [6, 6.07) is 21.0. The molecule has 4 rings (SSSR count). The van der Waals surface area contributed by atoms with Crippen molar-refractivity contribution in [3.8, 4) is 0 Å². The second kappa shape index (κ2) is 7.60. The van der Waals surface area contributed by atoms with Gasteiger partial charge in [0.15, 0.2) is 0 Å². The number of benzene rings is 3. The lowest BCUT2D eigenvalue weighted by Gasteiger charge is -2.26. The third kappa shape index (κ3) is 3.93. The van der Waals surface area contributed by atoms with Crippen LogP contribution < -0.4 is 0 Å². The highest BCUT2D eigenvalue weighted by Crippen LogP contribution is 2.21. The molecule has 1 saturated heterocycles. The second-order valence-corrected chi connectivity index (χ2v) is 8.31. The highest BCUT2D eigenvalue weighted by molar-refractivity contribution is 7.89. The second-order valence-electron chi connectivity index (χ2n) is 6.38. The number of hydrogen-bond acceptors (Lipinski definition) is 4. The molecule has 138 valence electrons. The van der Waals surface area contributed by atoms with E-state index in [9.17, 15) is 8.42 Å². The van der Waals surface area contributed by atoms with E-state index in [1.807, 2.05) is 18.2 Å². The Labute approximate surface area is 159 Å². The zero-order chi connectivity index (χ0) is 18.7. The first-order valence-electron chi connectivity index (χ1n) is 8.84. The fourth-order valence-corrected chi connectivity index (χ4v) is 4.49. The van der Waals surface area contributed by atoms with Crippen LogP contribution in [-0.4, -0.2) is 45.2 Å². The van der Waals surface area contributed by atoms with Gasteiger partial charge in [-0.15, -0.1) is 0 Å². The van der Waals surface area contributed by atoms with E-state index in [-0.39, 0.29) is 4.90 Å². The summed E-state index contributed by atoms with van der Waals surface area (Å²) >= 11 is 0. The van der Waals surface area contributed by atoms with Crippen LogP contribution in [-0.2, 0) is 14.8 Å². The fourth-order valence-electron chi connectivity index (χ4n) is 3.08. The minimum absolute atomic E-state index is 0.286. The fraction of sp³-hybridized carbons (Fsp3) is 0.190. The number of aliphatic imine (C=N–C) groups is 1. The van der Waals surface area contributed by atoms with E-state index < -0.39 is 10.0 Å². The van der Waals surface area contributed by atoms with Crippen molar-refractivity contribution >= 4 is 32.7 Å². The van der Waals surface area contributed by atoms with Gasteiger partial charge in [-0.3, -0.25) is 4.99 Å². The SMILES string of the molecule is O=S(=O)(c1ccc(N=Cc2ccc3ccccc3c2)cc1)N1CCOCC1. The van der Waals surface area contributed by atoms with Gasteiger partial charge in [-0.2, -0.15) is 4.31 Å². The van der Waals surface area contributed by atoms with E-state index in [1.165, 1.54) is 9.69 Å². The summed E-state index contributed by atoms with van der Waals surface area (Å²) in [5.74, 6) is 0. The van der Waals surface area contributed by atoms with Crippen LogP contribution in [0.5, 0.6) is 0 Å². The molecule has 1 fully saturated rings. The molecule has 0 saturated carbocycles. The van der Waals surface area contributed by atoms with Crippen LogP contribution in [0.2, 0.25) is 0 Å². The largest absolute Gasteiger partial charge is 0.379 e. The maximum absolute atomic E-state index is 12.6. The molecule has 0 spiro atoms. The molecule has 0 bridgehead atoms. The van der Waals surface area contributed by atoms with Crippen molar-refractivity contribution in [3.05, 3.63) is 72.3 Å². The van der Waals surface area contributed by atoms with E-state index in [1.54, 1.807) is 30.5 Å². The highest BCUT2D eigenvalue weighted by atomic mass is 32.2. The summed E-state index contributed by atoms with van der Waals surface area (Å²) < 4.78 is 32.0. The minimum Gasteiger partial charge on any atom is -0.379 e. The quantitative estimate of drug-likeness (QED) is 0.650. The predicted octanol–water partition coefficient (Wildman–Crippen LogP) is 3.61. The number of fused-ring (bicyclic) bond motifs is 1. The van der Waals surface area contributed by atoms with Gasteiger partial charge < -0.3 is 4.74 Å². The summed E-state index contributed by atoms with van der Waals surface area (Å²) in [5, 5.41) is 2.35. The van der Waals surface area contributed by atoms with Crippen molar-refractivity contribution in [1.29, 1.82) is 0 Å². The summed E-state index contributed by atoms with van der Waals surface area (Å²) in [6.07, 6.45) is 1.79. The van der Waals surface area contributed by atoms with Gasteiger partial charge in [-0.05, 0) is 46.7 Å². The Morgan fingerprint density at radius 2 is 1.59 bits per heavy atom. The van der Waals surface area contributed by atoms with Crippen LogP contribution in [0, 0.1) is 0 Å². The molecule has 1 aliphatic rings. The Bertz CT molecular complexity index is 1070. The molecule has 0 radical (unpaired) electrons. The Morgan fingerprint density at radius 1 is 0.889 bits per heavy atom. The van der Waals surface area contributed by atoms with Crippen molar-refractivity contribution in [2.24, 2.45) is 4.99 Å². The van der Waals surface area contributed by atoms with Crippen LogP contribution in [0.1, 0.15) is 5.56 Å². The number of hydrogen-bond donors (Lipinski definition) is 0. The minimum atomic E-state index is -3.47. The monoisotopic (exact) mass is 380 g/mol. The number of ether oxygens (including phenoxy) is 1. The van der Waals surface area contributed by atoms with Crippen LogP contribution in [0.4, 0.5) is 5.69 Å². The maximum atomic E-state index is 12.6. The first kappa shape index (κ1) is 17.9. The molecule has 5 nitrogen and oxygen atoms in total. The molecule has 3 aromatic rings. The molecule has 6 heteroatoms. The van der Waals surface area contributed by atoms with Crippen molar-refractivity contribution in [2.45, 2.75) is 4.90 Å². The Kier molecular flexibility index (Phi) is 5.03. The molecule has 0 atom stereocenters. The number of nitrogens with zero attached hydrogens (tertiary/aromatic N) is 2. The summed E-state index contributed by atoms with van der Waals surface area (Å²) in [4.78, 5) is 4.75. The Balaban J connectivity index is 1.52. The van der Waals surface area contributed by atoms with Crippen LogP contribution >= 0.6 is 0 Å². The van der Waals surface area contributed by atoms with Crippen LogP contribution in [0.25, 0.3) is 10.8 Å². The lowest BCUT2D eigenvalue weighted by atomic mass is 10.1. The molecule has 0 N–H and O–H groups in total. The van der Waals surface area contributed by atoms with E-state index in [2.05, 4.69) is 29.3 Å². The lowest BCUT2D eigenvalue weighted by Crippen LogP contribution is -2.40. The molecular weight excluding hydrogens is 360 g/mol. The summed E-state index contributed by atoms with van der Waals surface area (Å²) in [7, 11) is -3.47. The first-order valence-corrected chi connectivity index (χ1v) is 10.3. The van der Waals surface area contributed by atoms with Gasteiger partial charge in [0.25, 0.3) is 0 Å². The van der Waals surface area contributed by atoms with Gasteiger partial charge in [0, 0.05) is 19.3 Å². The van der Waals surface area contributed by atoms with E-state index >= 15 is 0 Å². The number of morpholine rings is 1.